The van der Waals surface area contributed by atoms with E-state index in [9.17, 15) is 19.2 Å². The average molecular weight is 493 g/mol. The maximum atomic E-state index is 14.5. The third-order valence-electron chi connectivity index (χ3n) is 9.70. The van der Waals surface area contributed by atoms with Crippen LogP contribution in [0.3, 0.4) is 0 Å². The van der Waals surface area contributed by atoms with Crippen LogP contribution in [0.2, 0.25) is 0 Å². The molecule has 3 amide bonds. The lowest BCUT2D eigenvalue weighted by molar-refractivity contribution is -0.165. The highest BCUT2D eigenvalue weighted by atomic mass is 16.5. The smallest absolute Gasteiger partial charge is 0.337 e. The number of ether oxygens (including phenoxy) is 1. The van der Waals surface area contributed by atoms with E-state index in [2.05, 4.69) is 0 Å². The minimum Gasteiger partial charge on any atom is -0.465 e. The molecule has 5 saturated carbocycles. The molecule has 6 aliphatic rings. The third kappa shape index (κ3) is 3.86. The Morgan fingerprint density at radius 1 is 0.917 bits per heavy atom. The lowest BCUT2D eigenvalue weighted by Crippen LogP contribution is -2.60. The van der Waals surface area contributed by atoms with Crippen LogP contribution in [0.15, 0.2) is 24.3 Å². The molecule has 0 radical (unpaired) electrons. The second-order valence-corrected chi connectivity index (χ2v) is 12.0. The molecule has 7 nitrogen and oxygen atoms in total. The van der Waals surface area contributed by atoms with Crippen LogP contribution >= 0.6 is 0 Å². The molecule has 1 aromatic carbocycles. The Hall–Kier alpha value is -2.70. The molecule has 6 fully saturated rings. The average Bonchev–Trinajstić information content (AvgIpc) is 3.17. The molecule has 1 heterocycles. The number of rotatable bonds is 5. The van der Waals surface area contributed by atoms with Crippen LogP contribution < -0.4 is 4.90 Å². The topological polar surface area (TPSA) is 84.0 Å². The van der Waals surface area contributed by atoms with E-state index in [1.54, 1.807) is 24.3 Å². The molecule has 36 heavy (non-hydrogen) atoms. The van der Waals surface area contributed by atoms with Gasteiger partial charge >= 0.3 is 5.97 Å². The fourth-order valence-electron chi connectivity index (χ4n) is 8.54. The van der Waals surface area contributed by atoms with Crippen LogP contribution in [0.25, 0.3) is 0 Å². The molecule has 0 spiro atoms. The number of anilines is 1. The van der Waals surface area contributed by atoms with Gasteiger partial charge in [-0.25, -0.2) is 9.69 Å². The third-order valence-corrected chi connectivity index (χ3v) is 9.70. The minimum absolute atomic E-state index is 0.0302. The highest BCUT2D eigenvalue weighted by Gasteiger charge is 2.58. The molecule has 1 saturated heterocycles. The summed E-state index contributed by atoms with van der Waals surface area (Å²) in [6.07, 6.45) is 11.8. The highest BCUT2D eigenvalue weighted by Crippen LogP contribution is 2.61. The number of hydrogen-bond donors (Lipinski definition) is 0. The first kappa shape index (κ1) is 23.7. The largest absolute Gasteiger partial charge is 0.465 e. The first-order chi connectivity index (χ1) is 17.4. The standard InChI is InChI=1S/C29H36N2O5/c1-36-27(34)21-7-9-23(10-8-21)31-25(32)14-24(26(31)33)30(22-5-3-2-4-6-22)28(35)29-15-18-11-19(16-29)13-20(12-18)17-29/h7-10,18-20,22,24H,2-6,11-17H2,1H3. The van der Waals surface area contributed by atoms with Crippen LogP contribution in [-0.4, -0.2) is 47.8 Å². The number of esters is 1. The second kappa shape index (κ2) is 9.00. The molecule has 1 atom stereocenters. The summed E-state index contributed by atoms with van der Waals surface area (Å²) in [4.78, 5) is 56.5. The number of methoxy groups -OCH3 is 1. The number of nitrogens with zero attached hydrogens (tertiary/aromatic N) is 2. The molecule has 0 N–H and O–H groups in total. The number of carbonyl (C=O) groups is 4. The molecule has 0 aromatic heterocycles. The Labute approximate surface area is 212 Å². The summed E-state index contributed by atoms with van der Waals surface area (Å²) in [5.41, 5.74) is 0.453. The number of carbonyl (C=O) groups excluding carboxylic acids is 4. The maximum Gasteiger partial charge on any atom is 0.337 e. The maximum absolute atomic E-state index is 14.5. The number of imide groups is 1. The van der Waals surface area contributed by atoms with Crippen molar-refractivity contribution in [3.05, 3.63) is 29.8 Å². The fraction of sp³-hybridized carbons (Fsp3) is 0.655. The number of amides is 3. The van der Waals surface area contributed by atoms with E-state index in [-0.39, 0.29) is 35.6 Å². The quantitative estimate of drug-likeness (QED) is 0.447. The van der Waals surface area contributed by atoms with Crippen molar-refractivity contribution in [2.24, 2.45) is 23.2 Å². The van der Waals surface area contributed by atoms with Crippen molar-refractivity contribution in [1.82, 2.24) is 4.90 Å². The van der Waals surface area contributed by atoms with Crippen LogP contribution in [0.4, 0.5) is 5.69 Å². The zero-order chi connectivity index (χ0) is 25.0. The molecule has 192 valence electrons. The van der Waals surface area contributed by atoms with Gasteiger partial charge in [-0.15, -0.1) is 0 Å². The molecule has 4 bridgehead atoms. The van der Waals surface area contributed by atoms with Gasteiger partial charge in [0, 0.05) is 6.04 Å². The summed E-state index contributed by atoms with van der Waals surface area (Å²) < 4.78 is 4.76. The van der Waals surface area contributed by atoms with Gasteiger partial charge in [-0.2, -0.15) is 0 Å². The number of benzene rings is 1. The Morgan fingerprint density at radius 3 is 2.06 bits per heavy atom. The Bertz CT molecular complexity index is 1040. The molecule has 1 unspecified atom stereocenters. The molecule has 5 aliphatic carbocycles. The van der Waals surface area contributed by atoms with Crippen molar-refractivity contribution in [3.63, 3.8) is 0 Å². The van der Waals surface area contributed by atoms with E-state index in [0.29, 0.717) is 29.0 Å². The van der Waals surface area contributed by atoms with Crippen molar-refractivity contribution < 1.29 is 23.9 Å². The summed E-state index contributed by atoms with van der Waals surface area (Å²) in [5, 5.41) is 0. The molecule has 7 heteroatoms. The van der Waals surface area contributed by atoms with Crippen molar-refractivity contribution in [2.45, 2.75) is 89.1 Å². The summed E-state index contributed by atoms with van der Waals surface area (Å²) in [5.74, 6) is 1.01. The van der Waals surface area contributed by atoms with E-state index in [0.717, 1.165) is 51.4 Å². The molecule has 1 aliphatic heterocycles. The Kier molecular flexibility index (Phi) is 5.92. The van der Waals surface area contributed by atoms with Crippen LogP contribution in [-0.2, 0) is 19.1 Å². The highest BCUT2D eigenvalue weighted by molar-refractivity contribution is 6.23. The van der Waals surface area contributed by atoms with Gasteiger partial charge in [0.05, 0.1) is 30.2 Å². The van der Waals surface area contributed by atoms with Crippen molar-refractivity contribution in [1.29, 1.82) is 0 Å². The van der Waals surface area contributed by atoms with Crippen molar-refractivity contribution in [2.75, 3.05) is 12.0 Å². The lowest BCUT2D eigenvalue weighted by atomic mass is 9.49. The van der Waals surface area contributed by atoms with E-state index in [1.807, 2.05) is 4.90 Å². The first-order valence-electron chi connectivity index (χ1n) is 13.8. The SMILES string of the molecule is COC(=O)c1ccc(N2C(=O)CC(N(C(=O)C34CC5CC(CC(C5)C3)C4)C3CCCCC3)C2=O)cc1. The second-order valence-electron chi connectivity index (χ2n) is 12.0. The van der Waals surface area contributed by atoms with Gasteiger partial charge in [-0.1, -0.05) is 19.3 Å². The van der Waals surface area contributed by atoms with E-state index < -0.39 is 12.0 Å². The predicted octanol–water partition coefficient (Wildman–Crippen LogP) is 4.48. The van der Waals surface area contributed by atoms with Gasteiger partial charge in [0.25, 0.3) is 5.91 Å². The fourth-order valence-corrected chi connectivity index (χ4v) is 8.54. The summed E-state index contributed by atoms with van der Waals surface area (Å²) >= 11 is 0. The molecule has 1 aromatic rings. The van der Waals surface area contributed by atoms with Crippen molar-refractivity contribution in [3.8, 4) is 0 Å². The van der Waals surface area contributed by atoms with Gasteiger partial charge in [-0.05, 0) is 93.4 Å². The van der Waals surface area contributed by atoms with E-state index in [1.165, 1.54) is 31.3 Å². The van der Waals surface area contributed by atoms with Crippen LogP contribution in [0.5, 0.6) is 0 Å². The van der Waals surface area contributed by atoms with Crippen molar-refractivity contribution >= 4 is 29.4 Å². The van der Waals surface area contributed by atoms with Gasteiger partial charge in [-0.3, -0.25) is 14.4 Å². The molecular formula is C29H36N2O5. The Morgan fingerprint density at radius 2 is 1.50 bits per heavy atom. The van der Waals surface area contributed by atoms with E-state index >= 15 is 0 Å². The van der Waals surface area contributed by atoms with Gasteiger partial charge in [0.15, 0.2) is 0 Å². The Balaban J connectivity index is 1.30. The molecule has 7 rings (SSSR count). The summed E-state index contributed by atoms with van der Waals surface area (Å²) in [6.45, 7) is 0. The zero-order valence-electron chi connectivity index (χ0n) is 21.1. The number of hydrogen-bond acceptors (Lipinski definition) is 5. The van der Waals surface area contributed by atoms with Gasteiger partial charge in [0.1, 0.15) is 6.04 Å². The summed E-state index contributed by atoms with van der Waals surface area (Å²) in [7, 11) is 1.31. The lowest BCUT2D eigenvalue weighted by Gasteiger charge is -2.57. The van der Waals surface area contributed by atoms with E-state index in [4.69, 9.17) is 4.74 Å². The minimum atomic E-state index is -0.735. The van der Waals surface area contributed by atoms with Gasteiger partial charge < -0.3 is 9.64 Å². The first-order valence-corrected chi connectivity index (χ1v) is 13.8. The van der Waals surface area contributed by atoms with Crippen LogP contribution in [0.1, 0.15) is 87.4 Å². The monoisotopic (exact) mass is 492 g/mol. The predicted molar refractivity (Wildman–Crippen MR) is 133 cm³/mol. The molecular weight excluding hydrogens is 456 g/mol. The summed E-state index contributed by atoms with van der Waals surface area (Å²) in [6, 6.07) is 5.64. The van der Waals surface area contributed by atoms with Gasteiger partial charge in [0.2, 0.25) is 11.8 Å². The normalized spacial score (nSPS) is 33.8. The zero-order valence-corrected chi connectivity index (χ0v) is 21.1. The van der Waals surface area contributed by atoms with Crippen LogP contribution in [0, 0.1) is 23.2 Å².